The van der Waals surface area contributed by atoms with Crippen molar-refractivity contribution in [3.63, 3.8) is 0 Å². The molecule has 0 aliphatic heterocycles. The zero-order valence-corrected chi connectivity index (χ0v) is 10.7. The molecule has 4 nitrogen and oxygen atoms in total. The molecule has 1 aromatic rings. The number of carbonyl (C=O) groups is 1. The van der Waals surface area contributed by atoms with Crippen LogP contribution >= 0.6 is 11.8 Å². The summed E-state index contributed by atoms with van der Waals surface area (Å²) in [6.07, 6.45) is 0. The van der Waals surface area contributed by atoms with E-state index in [-0.39, 0.29) is 12.5 Å². The maximum absolute atomic E-state index is 10.8. The standard InChI is InChI=1S/C12H18N2O2S/c1-10(16)14-11-2-4-12(5-3-11)17-9-7-13-6-8-15/h2-5,13,15H,6-9H2,1H3,(H,14,16). The van der Waals surface area contributed by atoms with E-state index in [1.165, 1.54) is 11.8 Å². The number of aliphatic hydroxyl groups excluding tert-OH is 1. The third-order valence-corrected chi connectivity index (χ3v) is 3.02. The molecule has 1 amide bonds. The molecule has 0 heterocycles. The summed E-state index contributed by atoms with van der Waals surface area (Å²) in [6, 6.07) is 7.76. The third-order valence-electron chi connectivity index (χ3n) is 2.01. The summed E-state index contributed by atoms with van der Waals surface area (Å²) in [7, 11) is 0. The Hall–Kier alpha value is -1.04. The number of aliphatic hydroxyl groups is 1. The van der Waals surface area contributed by atoms with Gasteiger partial charge in [-0.1, -0.05) is 0 Å². The molecule has 17 heavy (non-hydrogen) atoms. The summed E-state index contributed by atoms with van der Waals surface area (Å²) in [5.41, 5.74) is 0.820. The van der Waals surface area contributed by atoms with Gasteiger partial charge < -0.3 is 15.7 Å². The Labute approximate surface area is 106 Å². The van der Waals surface area contributed by atoms with Gasteiger partial charge in [-0.05, 0) is 24.3 Å². The van der Waals surface area contributed by atoms with Gasteiger partial charge in [-0.3, -0.25) is 4.79 Å². The molecule has 94 valence electrons. The number of benzene rings is 1. The first kappa shape index (κ1) is 14.0. The topological polar surface area (TPSA) is 61.4 Å². The molecule has 0 saturated carbocycles. The average molecular weight is 254 g/mol. The zero-order valence-electron chi connectivity index (χ0n) is 9.90. The van der Waals surface area contributed by atoms with Gasteiger partial charge >= 0.3 is 0 Å². The Morgan fingerprint density at radius 1 is 1.29 bits per heavy atom. The molecule has 0 fully saturated rings. The van der Waals surface area contributed by atoms with Gasteiger partial charge in [0.1, 0.15) is 0 Å². The summed E-state index contributed by atoms with van der Waals surface area (Å²) in [5, 5.41) is 14.4. The van der Waals surface area contributed by atoms with Gasteiger partial charge in [-0.2, -0.15) is 0 Å². The van der Waals surface area contributed by atoms with Crippen LogP contribution in [0.3, 0.4) is 0 Å². The highest BCUT2D eigenvalue weighted by atomic mass is 32.2. The number of anilines is 1. The minimum atomic E-state index is -0.0568. The smallest absolute Gasteiger partial charge is 0.221 e. The van der Waals surface area contributed by atoms with Crippen molar-refractivity contribution >= 4 is 23.4 Å². The van der Waals surface area contributed by atoms with Gasteiger partial charge in [-0.15, -0.1) is 11.8 Å². The fourth-order valence-electron chi connectivity index (χ4n) is 1.28. The van der Waals surface area contributed by atoms with E-state index in [2.05, 4.69) is 10.6 Å². The van der Waals surface area contributed by atoms with E-state index in [1.807, 2.05) is 24.3 Å². The van der Waals surface area contributed by atoms with E-state index in [4.69, 9.17) is 5.11 Å². The molecular formula is C12H18N2O2S. The van der Waals surface area contributed by atoms with Crippen LogP contribution in [0.1, 0.15) is 6.92 Å². The lowest BCUT2D eigenvalue weighted by molar-refractivity contribution is -0.114. The molecule has 0 aromatic heterocycles. The van der Waals surface area contributed by atoms with E-state index < -0.39 is 0 Å². The summed E-state index contributed by atoms with van der Waals surface area (Å²) in [6.45, 7) is 3.19. The quantitative estimate of drug-likeness (QED) is 0.507. The van der Waals surface area contributed by atoms with Crippen molar-refractivity contribution in [2.75, 3.05) is 30.8 Å². The number of nitrogens with one attached hydrogen (secondary N) is 2. The summed E-state index contributed by atoms with van der Waals surface area (Å²) in [5.74, 6) is 0.901. The van der Waals surface area contributed by atoms with E-state index in [0.717, 1.165) is 18.0 Å². The zero-order chi connectivity index (χ0) is 12.5. The highest BCUT2D eigenvalue weighted by molar-refractivity contribution is 7.99. The number of hydrogen-bond acceptors (Lipinski definition) is 4. The summed E-state index contributed by atoms with van der Waals surface area (Å²) in [4.78, 5) is 12.0. The Morgan fingerprint density at radius 3 is 2.59 bits per heavy atom. The van der Waals surface area contributed by atoms with Crippen molar-refractivity contribution in [1.29, 1.82) is 0 Å². The normalized spacial score (nSPS) is 10.2. The molecular weight excluding hydrogens is 236 g/mol. The van der Waals surface area contributed by atoms with Crippen molar-refractivity contribution in [2.45, 2.75) is 11.8 Å². The van der Waals surface area contributed by atoms with E-state index in [0.29, 0.717) is 6.54 Å². The number of amides is 1. The van der Waals surface area contributed by atoms with Crippen molar-refractivity contribution < 1.29 is 9.90 Å². The van der Waals surface area contributed by atoms with Crippen molar-refractivity contribution in [3.05, 3.63) is 24.3 Å². The SMILES string of the molecule is CC(=O)Nc1ccc(SCCNCCO)cc1. The van der Waals surface area contributed by atoms with Crippen LogP contribution in [0.4, 0.5) is 5.69 Å². The Kier molecular flexibility index (Phi) is 6.69. The Morgan fingerprint density at radius 2 is 2.00 bits per heavy atom. The lowest BCUT2D eigenvalue weighted by Gasteiger charge is -2.05. The fraction of sp³-hybridized carbons (Fsp3) is 0.417. The van der Waals surface area contributed by atoms with Gasteiger partial charge in [0.15, 0.2) is 0 Å². The van der Waals surface area contributed by atoms with E-state index in [9.17, 15) is 4.79 Å². The van der Waals surface area contributed by atoms with E-state index in [1.54, 1.807) is 11.8 Å². The van der Waals surface area contributed by atoms with Gasteiger partial charge in [0.2, 0.25) is 5.91 Å². The number of thioether (sulfide) groups is 1. The fourth-order valence-corrected chi connectivity index (χ4v) is 2.09. The third kappa shape index (κ3) is 6.31. The molecule has 1 aromatic carbocycles. The number of carbonyl (C=O) groups excluding carboxylic acids is 1. The highest BCUT2D eigenvalue weighted by Crippen LogP contribution is 2.19. The largest absolute Gasteiger partial charge is 0.395 e. The molecule has 0 saturated heterocycles. The maximum Gasteiger partial charge on any atom is 0.221 e. The highest BCUT2D eigenvalue weighted by Gasteiger charge is 1.97. The molecule has 0 atom stereocenters. The van der Waals surface area contributed by atoms with Crippen molar-refractivity contribution in [1.82, 2.24) is 5.32 Å². The minimum absolute atomic E-state index is 0.0568. The molecule has 5 heteroatoms. The van der Waals surface area contributed by atoms with Crippen molar-refractivity contribution in [3.8, 4) is 0 Å². The lowest BCUT2D eigenvalue weighted by atomic mass is 10.3. The summed E-state index contributed by atoms with van der Waals surface area (Å²) >= 11 is 1.74. The van der Waals surface area contributed by atoms with Gasteiger partial charge in [0, 0.05) is 36.3 Å². The van der Waals surface area contributed by atoms with Crippen LogP contribution in [-0.4, -0.2) is 36.5 Å². The molecule has 0 aliphatic rings. The first-order chi connectivity index (χ1) is 8.22. The molecule has 1 rings (SSSR count). The van der Waals surface area contributed by atoms with Crippen LogP contribution in [-0.2, 0) is 4.79 Å². The minimum Gasteiger partial charge on any atom is -0.395 e. The van der Waals surface area contributed by atoms with Gasteiger partial charge in [0.05, 0.1) is 6.61 Å². The lowest BCUT2D eigenvalue weighted by Crippen LogP contribution is -2.20. The van der Waals surface area contributed by atoms with Crippen LogP contribution < -0.4 is 10.6 Å². The molecule has 0 aliphatic carbocycles. The average Bonchev–Trinajstić information content (AvgIpc) is 2.30. The number of hydrogen-bond donors (Lipinski definition) is 3. The monoisotopic (exact) mass is 254 g/mol. The van der Waals surface area contributed by atoms with Gasteiger partial charge in [-0.25, -0.2) is 0 Å². The second kappa shape index (κ2) is 8.11. The molecule has 3 N–H and O–H groups in total. The Balaban J connectivity index is 2.28. The Bertz CT molecular complexity index is 341. The second-order valence-corrected chi connectivity index (χ2v) is 4.70. The van der Waals surface area contributed by atoms with Crippen LogP contribution in [0.2, 0.25) is 0 Å². The summed E-state index contributed by atoms with van der Waals surface area (Å²) < 4.78 is 0. The predicted octanol–water partition coefficient (Wildman–Crippen LogP) is 1.32. The molecule has 0 radical (unpaired) electrons. The first-order valence-electron chi connectivity index (χ1n) is 5.54. The molecule has 0 spiro atoms. The second-order valence-electron chi connectivity index (χ2n) is 3.53. The van der Waals surface area contributed by atoms with Crippen LogP contribution in [0.5, 0.6) is 0 Å². The molecule has 0 unspecified atom stereocenters. The first-order valence-corrected chi connectivity index (χ1v) is 6.53. The van der Waals surface area contributed by atoms with Gasteiger partial charge in [0.25, 0.3) is 0 Å². The molecule has 0 bridgehead atoms. The predicted molar refractivity (Wildman–Crippen MR) is 71.4 cm³/mol. The van der Waals surface area contributed by atoms with Crippen molar-refractivity contribution in [2.24, 2.45) is 0 Å². The van der Waals surface area contributed by atoms with Crippen LogP contribution in [0, 0.1) is 0 Å². The van der Waals surface area contributed by atoms with Crippen LogP contribution in [0.15, 0.2) is 29.2 Å². The maximum atomic E-state index is 10.8. The number of rotatable bonds is 7. The van der Waals surface area contributed by atoms with E-state index >= 15 is 0 Å². The van der Waals surface area contributed by atoms with Crippen LogP contribution in [0.25, 0.3) is 0 Å².